The standard InChI is InChI=1S/C18H21NO2/c1-13(14(2)19-11-15-6-4-3-5-7-15)16-8-9-17-18(10-16)21-12-20-17/h3-10,13-14,19H,11-12H2,1-2H3/t13-,14-/m1/s1. The molecule has 1 aliphatic rings. The van der Waals surface area contributed by atoms with Crippen LogP contribution in [0.4, 0.5) is 0 Å². The van der Waals surface area contributed by atoms with E-state index in [4.69, 9.17) is 9.47 Å². The maximum absolute atomic E-state index is 5.46. The molecule has 3 rings (SSSR count). The van der Waals surface area contributed by atoms with E-state index in [9.17, 15) is 0 Å². The first-order chi connectivity index (χ1) is 10.2. The van der Waals surface area contributed by atoms with Crippen molar-refractivity contribution in [1.82, 2.24) is 5.32 Å². The zero-order chi connectivity index (χ0) is 14.7. The Hall–Kier alpha value is -2.00. The second-order valence-electron chi connectivity index (χ2n) is 5.56. The molecule has 2 aromatic carbocycles. The number of nitrogens with one attached hydrogen (secondary N) is 1. The van der Waals surface area contributed by atoms with Crippen LogP contribution in [-0.2, 0) is 6.54 Å². The molecule has 3 nitrogen and oxygen atoms in total. The summed E-state index contributed by atoms with van der Waals surface area (Å²) in [7, 11) is 0. The molecule has 3 heteroatoms. The summed E-state index contributed by atoms with van der Waals surface area (Å²) in [5.41, 5.74) is 2.58. The van der Waals surface area contributed by atoms with Gasteiger partial charge in [-0.15, -0.1) is 0 Å². The molecule has 0 aliphatic carbocycles. The second-order valence-corrected chi connectivity index (χ2v) is 5.56. The number of hydrogen-bond donors (Lipinski definition) is 1. The molecule has 0 fully saturated rings. The molecule has 1 N–H and O–H groups in total. The van der Waals surface area contributed by atoms with Crippen LogP contribution in [0.1, 0.15) is 30.9 Å². The van der Waals surface area contributed by atoms with Crippen molar-refractivity contribution >= 4 is 0 Å². The summed E-state index contributed by atoms with van der Waals surface area (Å²) in [6.07, 6.45) is 0. The summed E-state index contributed by atoms with van der Waals surface area (Å²) in [4.78, 5) is 0. The summed E-state index contributed by atoms with van der Waals surface area (Å²) in [6.45, 7) is 5.67. The summed E-state index contributed by atoms with van der Waals surface area (Å²) in [6, 6.07) is 17.1. The van der Waals surface area contributed by atoms with Gasteiger partial charge in [-0.1, -0.05) is 43.3 Å². The topological polar surface area (TPSA) is 30.5 Å². The molecule has 2 aromatic rings. The fraction of sp³-hybridized carbons (Fsp3) is 0.333. The minimum absolute atomic E-state index is 0.328. The van der Waals surface area contributed by atoms with Crippen molar-refractivity contribution in [2.45, 2.75) is 32.4 Å². The quantitative estimate of drug-likeness (QED) is 0.907. The van der Waals surface area contributed by atoms with Gasteiger partial charge in [0.25, 0.3) is 0 Å². The van der Waals surface area contributed by atoms with Gasteiger partial charge >= 0.3 is 0 Å². The highest BCUT2D eigenvalue weighted by molar-refractivity contribution is 5.45. The van der Waals surface area contributed by atoms with Gasteiger partial charge in [0.1, 0.15) is 0 Å². The molecule has 0 aromatic heterocycles. The van der Waals surface area contributed by atoms with Crippen molar-refractivity contribution in [2.24, 2.45) is 0 Å². The monoisotopic (exact) mass is 283 g/mol. The van der Waals surface area contributed by atoms with Crippen LogP contribution in [0.5, 0.6) is 11.5 Å². The Balaban J connectivity index is 1.63. The van der Waals surface area contributed by atoms with Crippen molar-refractivity contribution in [2.75, 3.05) is 6.79 Å². The second kappa shape index (κ2) is 6.19. The van der Waals surface area contributed by atoms with E-state index >= 15 is 0 Å². The van der Waals surface area contributed by atoms with Gasteiger partial charge in [-0.05, 0) is 36.1 Å². The van der Waals surface area contributed by atoms with Crippen LogP contribution >= 0.6 is 0 Å². The summed E-state index contributed by atoms with van der Waals surface area (Å²) < 4.78 is 10.8. The normalized spacial score (nSPS) is 15.7. The molecular formula is C18H21NO2. The highest BCUT2D eigenvalue weighted by Gasteiger charge is 2.18. The molecular weight excluding hydrogens is 262 g/mol. The van der Waals surface area contributed by atoms with Crippen LogP contribution in [-0.4, -0.2) is 12.8 Å². The van der Waals surface area contributed by atoms with Crippen molar-refractivity contribution < 1.29 is 9.47 Å². The molecule has 0 amide bonds. The first kappa shape index (κ1) is 14.0. The number of fused-ring (bicyclic) bond motifs is 1. The van der Waals surface area contributed by atoms with E-state index in [1.54, 1.807) is 0 Å². The third-order valence-corrected chi connectivity index (χ3v) is 4.14. The van der Waals surface area contributed by atoms with Gasteiger partial charge in [-0.25, -0.2) is 0 Å². The van der Waals surface area contributed by atoms with E-state index in [1.165, 1.54) is 11.1 Å². The number of hydrogen-bond acceptors (Lipinski definition) is 3. The maximum atomic E-state index is 5.46. The highest BCUT2D eigenvalue weighted by atomic mass is 16.7. The van der Waals surface area contributed by atoms with Gasteiger partial charge in [0.2, 0.25) is 6.79 Å². The Morgan fingerprint density at radius 2 is 1.76 bits per heavy atom. The van der Waals surface area contributed by atoms with Gasteiger partial charge in [0.05, 0.1) is 0 Å². The van der Waals surface area contributed by atoms with E-state index in [0.29, 0.717) is 18.8 Å². The van der Waals surface area contributed by atoms with Crippen LogP contribution in [0.3, 0.4) is 0 Å². The molecule has 0 saturated heterocycles. The summed E-state index contributed by atoms with van der Waals surface area (Å²) >= 11 is 0. The van der Waals surface area contributed by atoms with E-state index in [-0.39, 0.29) is 0 Å². The van der Waals surface area contributed by atoms with Gasteiger partial charge in [0.15, 0.2) is 11.5 Å². The average molecular weight is 283 g/mol. The van der Waals surface area contributed by atoms with Crippen molar-refractivity contribution in [3.63, 3.8) is 0 Å². The van der Waals surface area contributed by atoms with Gasteiger partial charge in [-0.3, -0.25) is 0 Å². The minimum Gasteiger partial charge on any atom is -0.454 e. The van der Waals surface area contributed by atoms with Gasteiger partial charge in [0, 0.05) is 12.6 Å². The van der Waals surface area contributed by atoms with Crippen molar-refractivity contribution in [3.05, 3.63) is 59.7 Å². The first-order valence-corrected chi connectivity index (χ1v) is 7.41. The largest absolute Gasteiger partial charge is 0.454 e. The highest BCUT2D eigenvalue weighted by Crippen LogP contribution is 2.35. The van der Waals surface area contributed by atoms with Crippen LogP contribution in [0.25, 0.3) is 0 Å². The minimum atomic E-state index is 0.328. The molecule has 2 atom stereocenters. The fourth-order valence-corrected chi connectivity index (χ4v) is 2.54. The molecule has 0 unspecified atom stereocenters. The lowest BCUT2D eigenvalue weighted by Gasteiger charge is -2.22. The average Bonchev–Trinajstić information content (AvgIpc) is 3.00. The van der Waals surface area contributed by atoms with E-state index in [1.807, 2.05) is 12.1 Å². The number of ether oxygens (including phenoxy) is 2. The lowest BCUT2D eigenvalue weighted by atomic mass is 9.94. The molecule has 0 bridgehead atoms. The lowest BCUT2D eigenvalue weighted by Crippen LogP contribution is -2.30. The zero-order valence-corrected chi connectivity index (χ0v) is 12.5. The van der Waals surface area contributed by atoms with Crippen LogP contribution in [0.2, 0.25) is 0 Å². The zero-order valence-electron chi connectivity index (χ0n) is 12.5. The van der Waals surface area contributed by atoms with Crippen LogP contribution in [0, 0.1) is 0 Å². The summed E-state index contributed by atoms with van der Waals surface area (Å²) in [5, 5.41) is 3.59. The Kier molecular flexibility index (Phi) is 4.11. The number of benzene rings is 2. The predicted molar refractivity (Wildman–Crippen MR) is 83.7 cm³/mol. The van der Waals surface area contributed by atoms with Crippen LogP contribution in [0.15, 0.2) is 48.5 Å². The molecule has 21 heavy (non-hydrogen) atoms. The van der Waals surface area contributed by atoms with Crippen molar-refractivity contribution in [3.8, 4) is 11.5 Å². The SMILES string of the molecule is C[C@@H](NCc1ccccc1)[C@@H](C)c1ccc2c(c1)OCO2. The molecule has 0 radical (unpaired) electrons. The third kappa shape index (κ3) is 3.19. The molecule has 0 saturated carbocycles. The lowest BCUT2D eigenvalue weighted by molar-refractivity contribution is 0.174. The fourth-order valence-electron chi connectivity index (χ4n) is 2.54. The third-order valence-electron chi connectivity index (χ3n) is 4.14. The first-order valence-electron chi connectivity index (χ1n) is 7.41. The van der Waals surface area contributed by atoms with E-state index in [0.717, 1.165) is 18.0 Å². The van der Waals surface area contributed by atoms with E-state index < -0.39 is 0 Å². The number of rotatable bonds is 5. The summed E-state index contributed by atoms with van der Waals surface area (Å²) in [5.74, 6) is 2.11. The van der Waals surface area contributed by atoms with E-state index in [2.05, 4.69) is 55.6 Å². The maximum Gasteiger partial charge on any atom is 0.231 e. The predicted octanol–water partition coefficient (Wildman–Crippen LogP) is 3.70. The van der Waals surface area contributed by atoms with Crippen molar-refractivity contribution in [1.29, 1.82) is 0 Å². The Bertz CT molecular complexity index is 597. The Labute approximate surface area is 125 Å². The molecule has 1 heterocycles. The smallest absolute Gasteiger partial charge is 0.231 e. The van der Waals surface area contributed by atoms with Gasteiger partial charge in [-0.2, -0.15) is 0 Å². The van der Waals surface area contributed by atoms with Crippen LogP contribution < -0.4 is 14.8 Å². The molecule has 110 valence electrons. The van der Waals surface area contributed by atoms with Gasteiger partial charge < -0.3 is 14.8 Å². The Morgan fingerprint density at radius 3 is 2.57 bits per heavy atom. The molecule has 0 spiro atoms. The molecule has 1 aliphatic heterocycles. The Morgan fingerprint density at radius 1 is 1.00 bits per heavy atom.